The Hall–Kier alpha value is -1.42. The summed E-state index contributed by atoms with van der Waals surface area (Å²) in [5, 5.41) is 1.68. The summed E-state index contributed by atoms with van der Waals surface area (Å²) in [5.74, 6) is 1.79. The van der Waals surface area contributed by atoms with E-state index in [2.05, 4.69) is 6.26 Å². The minimum Gasteiger partial charge on any atom is -0.385 e. The molecule has 0 fully saturated rings. The second kappa shape index (κ2) is 7.39. The summed E-state index contributed by atoms with van der Waals surface area (Å²) in [6.45, 7) is 0.717. The van der Waals surface area contributed by atoms with Crippen molar-refractivity contribution in [1.29, 1.82) is 0 Å². The molecule has 4 heteroatoms. The van der Waals surface area contributed by atoms with Crippen molar-refractivity contribution in [3.63, 3.8) is 0 Å². The molecule has 0 radical (unpaired) electrons. The van der Waals surface area contributed by atoms with Crippen LogP contribution in [0.2, 0.25) is 0 Å². The van der Waals surface area contributed by atoms with E-state index in [-0.39, 0.29) is 5.56 Å². The molecule has 0 unspecified atom stereocenters. The average Bonchev–Trinajstić information content (AvgIpc) is 2.45. The van der Waals surface area contributed by atoms with Crippen LogP contribution in [0.15, 0.2) is 35.1 Å². The minimum atomic E-state index is 0.0321. The van der Waals surface area contributed by atoms with Gasteiger partial charge in [-0.1, -0.05) is 31.0 Å². The molecule has 2 N–H and O–H groups in total. The molecule has 0 aliphatic heterocycles. The third-order valence-electron chi connectivity index (χ3n) is 3.53. The van der Waals surface area contributed by atoms with E-state index in [9.17, 15) is 4.79 Å². The Kier molecular flexibility index (Phi) is 5.53. The third kappa shape index (κ3) is 3.57. The first-order valence-electron chi connectivity index (χ1n) is 7.11. The zero-order valence-corrected chi connectivity index (χ0v) is 12.8. The standard InChI is InChI=1S/C16H22N2OS/c1-20-11-7-3-2-6-10-18-15(17)12-13-8-4-5-9-14(13)16(18)19/h4-5,8-9,12H,2-3,6-7,10-11,17H2,1H3. The number of rotatable bonds is 7. The number of fused-ring (bicyclic) bond motifs is 1. The first kappa shape index (κ1) is 15.0. The molecular weight excluding hydrogens is 268 g/mol. The van der Waals surface area contributed by atoms with Crippen molar-refractivity contribution >= 4 is 28.4 Å². The maximum absolute atomic E-state index is 12.4. The van der Waals surface area contributed by atoms with Crippen LogP contribution in [0.4, 0.5) is 5.82 Å². The third-order valence-corrected chi connectivity index (χ3v) is 4.23. The number of aromatic nitrogens is 1. The largest absolute Gasteiger partial charge is 0.385 e. The molecule has 20 heavy (non-hydrogen) atoms. The van der Waals surface area contributed by atoms with Crippen LogP contribution in [0.3, 0.4) is 0 Å². The summed E-state index contributed by atoms with van der Waals surface area (Å²) in [5.41, 5.74) is 6.04. The van der Waals surface area contributed by atoms with Gasteiger partial charge >= 0.3 is 0 Å². The Morgan fingerprint density at radius 2 is 1.90 bits per heavy atom. The molecule has 0 saturated heterocycles. The van der Waals surface area contributed by atoms with Crippen LogP contribution in [-0.4, -0.2) is 16.6 Å². The normalized spacial score (nSPS) is 11.1. The molecule has 3 nitrogen and oxygen atoms in total. The lowest BCUT2D eigenvalue weighted by molar-refractivity contribution is 0.579. The summed E-state index contributed by atoms with van der Waals surface area (Å²) in [6, 6.07) is 9.51. The highest BCUT2D eigenvalue weighted by Crippen LogP contribution is 2.14. The fourth-order valence-electron chi connectivity index (χ4n) is 2.42. The number of nitrogen functional groups attached to an aromatic ring is 1. The van der Waals surface area contributed by atoms with Crippen LogP contribution in [-0.2, 0) is 6.54 Å². The highest BCUT2D eigenvalue weighted by molar-refractivity contribution is 7.98. The van der Waals surface area contributed by atoms with Crippen molar-refractivity contribution in [2.45, 2.75) is 32.2 Å². The smallest absolute Gasteiger partial charge is 0.259 e. The fourth-order valence-corrected chi connectivity index (χ4v) is 2.91. The number of benzene rings is 1. The molecule has 108 valence electrons. The SMILES string of the molecule is CSCCCCCCn1c(N)cc2ccccc2c1=O. The quantitative estimate of drug-likeness (QED) is 0.794. The zero-order valence-electron chi connectivity index (χ0n) is 12.0. The fraction of sp³-hybridized carbons (Fsp3) is 0.438. The van der Waals surface area contributed by atoms with Gasteiger partial charge in [0, 0.05) is 11.9 Å². The molecule has 0 saturated carbocycles. The summed E-state index contributed by atoms with van der Waals surface area (Å²) in [7, 11) is 0. The number of unbranched alkanes of at least 4 members (excludes halogenated alkanes) is 3. The second-order valence-corrected chi connectivity index (χ2v) is 6.01. The van der Waals surface area contributed by atoms with Crippen LogP contribution >= 0.6 is 11.8 Å². The number of anilines is 1. The van der Waals surface area contributed by atoms with E-state index >= 15 is 0 Å². The number of pyridine rings is 1. The van der Waals surface area contributed by atoms with Crippen LogP contribution in [0.25, 0.3) is 10.8 Å². The molecule has 2 aromatic rings. The zero-order chi connectivity index (χ0) is 14.4. The Bertz CT molecular complexity index is 621. The van der Waals surface area contributed by atoms with E-state index in [1.165, 1.54) is 18.6 Å². The first-order valence-corrected chi connectivity index (χ1v) is 8.50. The van der Waals surface area contributed by atoms with Gasteiger partial charge in [0.25, 0.3) is 5.56 Å². The van der Waals surface area contributed by atoms with Crippen molar-refractivity contribution in [3.8, 4) is 0 Å². The van der Waals surface area contributed by atoms with Crippen molar-refractivity contribution in [2.24, 2.45) is 0 Å². The van der Waals surface area contributed by atoms with Crippen LogP contribution in [0, 0.1) is 0 Å². The molecule has 0 bridgehead atoms. The van der Waals surface area contributed by atoms with Crippen LogP contribution in [0.5, 0.6) is 0 Å². The first-order chi connectivity index (χ1) is 9.74. The highest BCUT2D eigenvalue weighted by atomic mass is 32.2. The van der Waals surface area contributed by atoms with E-state index in [1.807, 2.05) is 42.1 Å². The van der Waals surface area contributed by atoms with Gasteiger partial charge in [-0.15, -0.1) is 0 Å². The van der Waals surface area contributed by atoms with Crippen molar-refractivity contribution in [3.05, 3.63) is 40.7 Å². The number of hydrogen-bond acceptors (Lipinski definition) is 3. The summed E-state index contributed by atoms with van der Waals surface area (Å²) >= 11 is 1.89. The Labute approximate surface area is 124 Å². The minimum absolute atomic E-state index is 0.0321. The molecule has 0 aliphatic rings. The lowest BCUT2D eigenvalue weighted by Crippen LogP contribution is -2.23. The van der Waals surface area contributed by atoms with E-state index in [4.69, 9.17) is 5.73 Å². The van der Waals surface area contributed by atoms with Crippen LogP contribution < -0.4 is 11.3 Å². The average molecular weight is 290 g/mol. The van der Waals surface area contributed by atoms with Gasteiger partial charge in [-0.2, -0.15) is 11.8 Å². The van der Waals surface area contributed by atoms with Gasteiger partial charge in [-0.05, 0) is 42.4 Å². The monoisotopic (exact) mass is 290 g/mol. The molecule has 0 spiro atoms. The summed E-state index contributed by atoms with van der Waals surface area (Å²) < 4.78 is 1.71. The molecule has 1 aromatic carbocycles. The highest BCUT2D eigenvalue weighted by Gasteiger charge is 2.06. The van der Waals surface area contributed by atoms with Gasteiger partial charge in [0.15, 0.2) is 0 Å². The van der Waals surface area contributed by atoms with E-state index in [1.54, 1.807) is 4.57 Å². The van der Waals surface area contributed by atoms with E-state index < -0.39 is 0 Å². The summed E-state index contributed by atoms with van der Waals surface area (Å²) in [6.07, 6.45) is 6.78. The Morgan fingerprint density at radius 3 is 2.70 bits per heavy atom. The predicted octanol–water partition coefficient (Wildman–Crippen LogP) is 3.51. The maximum atomic E-state index is 12.4. The summed E-state index contributed by atoms with van der Waals surface area (Å²) in [4.78, 5) is 12.4. The van der Waals surface area contributed by atoms with Gasteiger partial charge in [-0.3, -0.25) is 9.36 Å². The maximum Gasteiger partial charge on any atom is 0.259 e. The molecule has 2 rings (SSSR count). The number of thioether (sulfide) groups is 1. The van der Waals surface area contributed by atoms with Gasteiger partial charge in [0.1, 0.15) is 5.82 Å². The predicted molar refractivity (Wildman–Crippen MR) is 89.5 cm³/mol. The molecule has 1 heterocycles. The Balaban J connectivity index is 2.05. The van der Waals surface area contributed by atoms with Crippen molar-refractivity contribution < 1.29 is 0 Å². The lowest BCUT2D eigenvalue weighted by atomic mass is 10.1. The molecule has 0 atom stereocenters. The topological polar surface area (TPSA) is 48.0 Å². The number of nitrogens with two attached hydrogens (primary N) is 1. The van der Waals surface area contributed by atoms with Gasteiger partial charge in [0.2, 0.25) is 0 Å². The Morgan fingerprint density at radius 1 is 1.15 bits per heavy atom. The van der Waals surface area contributed by atoms with E-state index in [0.29, 0.717) is 5.82 Å². The number of nitrogens with zero attached hydrogens (tertiary/aromatic N) is 1. The second-order valence-electron chi connectivity index (χ2n) is 5.02. The van der Waals surface area contributed by atoms with Gasteiger partial charge in [-0.25, -0.2) is 0 Å². The molecule has 1 aromatic heterocycles. The van der Waals surface area contributed by atoms with Gasteiger partial charge in [0.05, 0.1) is 0 Å². The number of hydrogen-bond donors (Lipinski definition) is 1. The molecule has 0 amide bonds. The van der Waals surface area contributed by atoms with Crippen molar-refractivity contribution in [1.82, 2.24) is 4.57 Å². The lowest BCUT2D eigenvalue weighted by Gasteiger charge is -2.11. The van der Waals surface area contributed by atoms with Crippen LogP contribution in [0.1, 0.15) is 25.7 Å². The molecule has 0 aliphatic carbocycles. The van der Waals surface area contributed by atoms with Crippen molar-refractivity contribution in [2.75, 3.05) is 17.7 Å². The molecular formula is C16H22N2OS. The van der Waals surface area contributed by atoms with Gasteiger partial charge < -0.3 is 5.73 Å². The van der Waals surface area contributed by atoms with E-state index in [0.717, 1.165) is 30.2 Å².